The highest BCUT2D eigenvalue weighted by atomic mass is 35.5. The lowest BCUT2D eigenvalue weighted by Gasteiger charge is -2.11. The van der Waals surface area contributed by atoms with Gasteiger partial charge in [0.15, 0.2) is 6.61 Å². The molecular weight excluding hydrogens is 252 g/mol. The number of carbonyl (C=O) groups is 1. The van der Waals surface area contributed by atoms with Gasteiger partial charge < -0.3 is 15.4 Å². The van der Waals surface area contributed by atoms with Gasteiger partial charge in [0.1, 0.15) is 5.75 Å². The van der Waals surface area contributed by atoms with Crippen LogP contribution in [-0.4, -0.2) is 25.6 Å². The molecule has 0 unspecified atom stereocenters. The minimum atomic E-state index is -0.0668. The van der Waals surface area contributed by atoms with Crippen molar-refractivity contribution in [2.45, 2.75) is 25.4 Å². The molecule has 1 aliphatic rings. The van der Waals surface area contributed by atoms with Gasteiger partial charge >= 0.3 is 0 Å². The summed E-state index contributed by atoms with van der Waals surface area (Å²) in [6.45, 7) is 0.703. The molecule has 0 aliphatic heterocycles. The van der Waals surface area contributed by atoms with E-state index < -0.39 is 0 Å². The Bertz CT molecular complexity index is 433. The normalized spacial score (nSPS) is 14.3. The molecule has 98 valence electrons. The van der Waals surface area contributed by atoms with Crippen molar-refractivity contribution in [3.63, 3.8) is 0 Å². The van der Waals surface area contributed by atoms with Crippen LogP contribution in [0.1, 0.15) is 18.4 Å². The Labute approximate surface area is 112 Å². The summed E-state index contributed by atoms with van der Waals surface area (Å²) < 4.78 is 5.52. The van der Waals surface area contributed by atoms with Crippen molar-refractivity contribution < 1.29 is 9.53 Å². The molecule has 0 radical (unpaired) electrons. The first-order valence-corrected chi connectivity index (χ1v) is 6.42. The zero-order valence-corrected chi connectivity index (χ0v) is 11.1. The largest absolute Gasteiger partial charge is 0.483 e. The summed E-state index contributed by atoms with van der Waals surface area (Å²) in [5.41, 5.74) is 0.948. The van der Waals surface area contributed by atoms with Gasteiger partial charge in [0.05, 0.1) is 0 Å². The fourth-order valence-corrected chi connectivity index (χ4v) is 1.85. The number of hydrogen-bond donors (Lipinski definition) is 2. The van der Waals surface area contributed by atoms with Crippen LogP contribution in [0.25, 0.3) is 0 Å². The summed E-state index contributed by atoms with van der Waals surface area (Å²) >= 11 is 5.93. The summed E-state index contributed by atoms with van der Waals surface area (Å²) in [7, 11) is 1.85. The lowest BCUT2D eigenvalue weighted by molar-refractivity contribution is -0.123. The number of rotatable bonds is 6. The number of nitrogens with one attached hydrogen (secondary N) is 2. The van der Waals surface area contributed by atoms with Gasteiger partial charge in [0.25, 0.3) is 5.91 Å². The third-order valence-corrected chi connectivity index (χ3v) is 2.93. The van der Waals surface area contributed by atoms with Gasteiger partial charge in [-0.05, 0) is 38.1 Å². The lowest BCUT2D eigenvalue weighted by atomic mass is 10.2. The van der Waals surface area contributed by atoms with E-state index in [1.165, 1.54) is 0 Å². The molecule has 0 bridgehead atoms. The summed E-state index contributed by atoms with van der Waals surface area (Å²) in [5, 5.41) is 6.59. The van der Waals surface area contributed by atoms with E-state index in [1.54, 1.807) is 12.1 Å². The second-order valence-corrected chi connectivity index (χ2v) is 4.85. The van der Waals surface area contributed by atoms with Crippen LogP contribution in [-0.2, 0) is 11.3 Å². The summed E-state index contributed by atoms with van der Waals surface area (Å²) in [6, 6.07) is 5.75. The highest BCUT2D eigenvalue weighted by Crippen LogP contribution is 2.23. The Morgan fingerprint density at radius 2 is 2.28 bits per heavy atom. The molecule has 1 saturated carbocycles. The number of halogens is 1. The van der Waals surface area contributed by atoms with Gasteiger partial charge in [-0.25, -0.2) is 0 Å². The highest BCUT2D eigenvalue weighted by molar-refractivity contribution is 6.30. The molecule has 2 rings (SSSR count). The molecule has 5 heteroatoms. The maximum atomic E-state index is 11.5. The summed E-state index contributed by atoms with van der Waals surface area (Å²) in [6.07, 6.45) is 2.16. The van der Waals surface area contributed by atoms with Gasteiger partial charge in [-0.3, -0.25) is 4.79 Å². The van der Waals surface area contributed by atoms with E-state index in [9.17, 15) is 4.79 Å². The van der Waals surface area contributed by atoms with Crippen LogP contribution in [0.4, 0.5) is 0 Å². The Morgan fingerprint density at radius 3 is 2.94 bits per heavy atom. The number of benzene rings is 1. The monoisotopic (exact) mass is 268 g/mol. The predicted octanol–water partition coefficient (Wildman–Crippen LogP) is 1.72. The minimum absolute atomic E-state index is 0.0504. The van der Waals surface area contributed by atoms with Gasteiger partial charge in [-0.15, -0.1) is 0 Å². The van der Waals surface area contributed by atoms with Crippen LogP contribution in [0.3, 0.4) is 0 Å². The van der Waals surface area contributed by atoms with Gasteiger partial charge in [0.2, 0.25) is 0 Å². The van der Waals surface area contributed by atoms with E-state index in [2.05, 4.69) is 10.6 Å². The molecule has 0 spiro atoms. The third-order valence-electron chi connectivity index (χ3n) is 2.69. The molecule has 1 aliphatic carbocycles. The van der Waals surface area contributed by atoms with Crippen LogP contribution in [0.15, 0.2) is 18.2 Å². The number of ether oxygens (including phenoxy) is 1. The summed E-state index contributed by atoms with van der Waals surface area (Å²) in [5.74, 6) is 0.627. The fourth-order valence-electron chi connectivity index (χ4n) is 1.66. The third kappa shape index (κ3) is 3.89. The molecule has 1 amide bonds. The van der Waals surface area contributed by atoms with Crippen LogP contribution in [0.2, 0.25) is 5.02 Å². The van der Waals surface area contributed by atoms with Gasteiger partial charge in [0, 0.05) is 23.2 Å². The van der Waals surface area contributed by atoms with E-state index >= 15 is 0 Å². The zero-order valence-electron chi connectivity index (χ0n) is 10.3. The first kappa shape index (κ1) is 13.2. The van der Waals surface area contributed by atoms with Gasteiger partial charge in [-0.1, -0.05) is 11.6 Å². The average molecular weight is 269 g/mol. The zero-order chi connectivity index (χ0) is 13.0. The second kappa shape index (κ2) is 6.07. The van der Waals surface area contributed by atoms with Crippen LogP contribution < -0.4 is 15.4 Å². The molecule has 1 aromatic rings. The molecule has 1 aromatic carbocycles. The number of carbonyl (C=O) groups excluding carboxylic acids is 1. The van der Waals surface area contributed by atoms with Crippen LogP contribution in [0.5, 0.6) is 5.75 Å². The van der Waals surface area contributed by atoms with E-state index in [0.717, 1.165) is 18.4 Å². The van der Waals surface area contributed by atoms with Crippen molar-refractivity contribution in [1.29, 1.82) is 0 Å². The maximum Gasteiger partial charge on any atom is 0.258 e. The van der Waals surface area contributed by atoms with Crippen molar-refractivity contribution in [3.8, 4) is 5.75 Å². The SMILES string of the molecule is CNCc1cc(Cl)ccc1OCC(=O)NC1CC1. The van der Waals surface area contributed by atoms with E-state index in [1.807, 2.05) is 13.1 Å². The van der Waals surface area contributed by atoms with Crippen molar-refractivity contribution in [2.24, 2.45) is 0 Å². The quantitative estimate of drug-likeness (QED) is 0.826. The molecule has 0 heterocycles. The minimum Gasteiger partial charge on any atom is -0.483 e. The van der Waals surface area contributed by atoms with E-state index in [-0.39, 0.29) is 12.5 Å². The van der Waals surface area contributed by atoms with E-state index in [4.69, 9.17) is 16.3 Å². The van der Waals surface area contributed by atoms with Crippen molar-refractivity contribution >= 4 is 17.5 Å². The first-order valence-electron chi connectivity index (χ1n) is 6.04. The predicted molar refractivity (Wildman–Crippen MR) is 70.9 cm³/mol. The molecular formula is C13H17ClN2O2. The Hall–Kier alpha value is -1.26. The van der Waals surface area contributed by atoms with Crippen molar-refractivity contribution in [3.05, 3.63) is 28.8 Å². The number of amides is 1. The summed E-state index contributed by atoms with van der Waals surface area (Å²) in [4.78, 5) is 11.5. The standard InChI is InChI=1S/C13H17ClN2O2/c1-15-7-9-6-10(14)2-5-12(9)18-8-13(17)16-11-3-4-11/h2,5-6,11,15H,3-4,7-8H2,1H3,(H,16,17). The van der Waals surface area contributed by atoms with E-state index in [0.29, 0.717) is 23.4 Å². The highest BCUT2D eigenvalue weighted by Gasteiger charge is 2.23. The second-order valence-electron chi connectivity index (χ2n) is 4.41. The molecule has 0 aromatic heterocycles. The average Bonchev–Trinajstić information content (AvgIpc) is 3.12. The van der Waals surface area contributed by atoms with Crippen molar-refractivity contribution in [1.82, 2.24) is 10.6 Å². The Morgan fingerprint density at radius 1 is 1.50 bits per heavy atom. The first-order chi connectivity index (χ1) is 8.69. The maximum absolute atomic E-state index is 11.5. The van der Waals surface area contributed by atoms with Crippen molar-refractivity contribution in [2.75, 3.05) is 13.7 Å². The number of hydrogen-bond acceptors (Lipinski definition) is 3. The van der Waals surface area contributed by atoms with Gasteiger partial charge in [-0.2, -0.15) is 0 Å². The Kier molecular flexibility index (Phi) is 4.44. The smallest absolute Gasteiger partial charge is 0.258 e. The lowest BCUT2D eigenvalue weighted by Crippen LogP contribution is -2.30. The molecule has 0 saturated heterocycles. The topological polar surface area (TPSA) is 50.4 Å². The molecule has 18 heavy (non-hydrogen) atoms. The Balaban J connectivity index is 1.92. The van der Waals surface area contributed by atoms with Crippen LogP contribution >= 0.6 is 11.6 Å². The fraction of sp³-hybridized carbons (Fsp3) is 0.462. The molecule has 0 atom stereocenters. The van der Waals surface area contributed by atoms with Crippen LogP contribution in [0, 0.1) is 0 Å². The molecule has 4 nitrogen and oxygen atoms in total. The molecule has 1 fully saturated rings. The molecule has 2 N–H and O–H groups in total.